The minimum Gasteiger partial charge on any atom is -0.508 e. The molecule has 0 atom stereocenters. The van der Waals surface area contributed by atoms with Crippen LogP contribution >= 0.6 is 0 Å². The number of benzene rings is 2. The van der Waals surface area contributed by atoms with Gasteiger partial charge in [0.25, 0.3) is 0 Å². The van der Waals surface area contributed by atoms with Crippen molar-refractivity contribution < 1.29 is 9.84 Å². The van der Waals surface area contributed by atoms with E-state index in [1.165, 1.54) is 11.1 Å². The van der Waals surface area contributed by atoms with Gasteiger partial charge in [-0.05, 0) is 69.0 Å². The van der Waals surface area contributed by atoms with Gasteiger partial charge in [0.2, 0.25) is 0 Å². The molecule has 0 fully saturated rings. The summed E-state index contributed by atoms with van der Waals surface area (Å²) in [5, 5.41) is 9.25. The first-order valence-electron chi connectivity index (χ1n) is 6.98. The van der Waals surface area contributed by atoms with Crippen molar-refractivity contribution in [1.82, 2.24) is 0 Å². The Morgan fingerprint density at radius 2 is 1.25 bits per heavy atom. The lowest BCUT2D eigenvalue weighted by Gasteiger charge is -2.21. The van der Waals surface area contributed by atoms with E-state index in [0.717, 1.165) is 18.6 Å². The van der Waals surface area contributed by atoms with Crippen LogP contribution in [-0.4, -0.2) is 10.7 Å². The van der Waals surface area contributed by atoms with E-state index in [1.807, 2.05) is 45.0 Å². The fourth-order valence-electron chi connectivity index (χ4n) is 2.03. The van der Waals surface area contributed by atoms with Crippen molar-refractivity contribution in [3.63, 3.8) is 0 Å². The summed E-state index contributed by atoms with van der Waals surface area (Å²) in [4.78, 5) is 0. The molecule has 2 rings (SSSR count). The summed E-state index contributed by atoms with van der Waals surface area (Å²) in [6, 6.07) is 15.7. The van der Waals surface area contributed by atoms with Gasteiger partial charge in [-0.25, -0.2) is 0 Å². The largest absolute Gasteiger partial charge is 0.508 e. The van der Waals surface area contributed by atoms with Gasteiger partial charge >= 0.3 is 0 Å². The molecule has 0 saturated heterocycles. The summed E-state index contributed by atoms with van der Waals surface area (Å²) in [6.45, 7) is 6.14. The minimum absolute atomic E-state index is 0.159. The second-order valence-corrected chi connectivity index (χ2v) is 6.02. The summed E-state index contributed by atoms with van der Waals surface area (Å²) >= 11 is 0. The highest BCUT2D eigenvalue weighted by Crippen LogP contribution is 2.19. The SMILES string of the molecule is CC(C)(C)Oc1ccc(CCc2ccc(O)cc2)cc1. The van der Waals surface area contributed by atoms with E-state index in [2.05, 4.69) is 12.1 Å². The molecule has 2 aromatic carbocycles. The monoisotopic (exact) mass is 270 g/mol. The number of ether oxygens (including phenoxy) is 1. The maximum Gasteiger partial charge on any atom is 0.120 e. The number of aromatic hydroxyl groups is 1. The van der Waals surface area contributed by atoms with Crippen LogP contribution in [0.5, 0.6) is 11.5 Å². The first-order valence-corrected chi connectivity index (χ1v) is 6.98. The molecule has 20 heavy (non-hydrogen) atoms. The standard InChI is InChI=1S/C18H22O2/c1-18(2,3)20-17-12-8-15(9-13-17)5-4-14-6-10-16(19)11-7-14/h6-13,19H,4-5H2,1-3H3. The highest BCUT2D eigenvalue weighted by Gasteiger charge is 2.11. The summed E-state index contributed by atoms with van der Waals surface area (Å²) in [6.07, 6.45) is 1.96. The molecule has 0 bridgehead atoms. The van der Waals surface area contributed by atoms with Crippen molar-refractivity contribution in [2.75, 3.05) is 0 Å². The zero-order valence-electron chi connectivity index (χ0n) is 12.4. The normalized spacial score (nSPS) is 11.3. The summed E-state index contributed by atoms with van der Waals surface area (Å²) in [5.74, 6) is 1.23. The first kappa shape index (κ1) is 14.4. The van der Waals surface area contributed by atoms with E-state index in [1.54, 1.807) is 12.1 Å². The summed E-state index contributed by atoms with van der Waals surface area (Å²) in [7, 11) is 0. The number of aryl methyl sites for hydroxylation is 2. The Hall–Kier alpha value is -1.96. The molecule has 0 spiro atoms. The van der Waals surface area contributed by atoms with Crippen LogP contribution < -0.4 is 4.74 Å². The molecule has 0 saturated carbocycles. The molecule has 2 nitrogen and oxygen atoms in total. The minimum atomic E-state index is -0.159. The van der Waals surface area contributed by atoms with Crippen LogP contribution in [0.2, 0.25) is 0 Å². The highest BCUT2D eigenvalue weighted by atomic mass is 16.5. The maximum absolute atomic E-state index is 9.25. The van der Waals surface area contributed by atoms with E-state index in [-0.39, 0.29) is 5.60 Å². The van der Waals surface area contributed by atoms with E-state index in [0.29, 0.717) is 5.75 Å². The van der Waals surface area contributed by atoms with Crippen LogP contribution in [-0.2, 0) is 12.8 Å². The molecule has 2 aromatic rings. The average molecular weight is 270 g/mol. The van der Waals surface area contributed by atoms with E-state index >= 15 is 0 Å². The van der Waals surface area contributed by atoms with Crippen LogP contribution in [0.15, 0.2) is 48.5 Å². The van der Waals surface area contributed by atoms with Gasteiger partial charge in [-0.3, -0.25) is 0 Å². The molecule has 2 heteroatoms. The van der Waals surface area contributed by atoms with Gasteiger partial charge in [-0.15, -0.1) is 0 Å². The Morgan fingerprint density at radius 1 is 0.800 bits per heavy atom. The van der Waals surface area contributed by atoms with Crippen LogP contribution in [0.1, 0.15) is 31.9 Å². The smallest absolute Gasteiger partial charge is 0.120 e. The van der Waals surface area contributed by atoms with Crippen LogP contribution in [0, 0.1) is 0 Å². The average Bonchev–Trinajstić information content (AvgIpc) is 2.38. The Balaban J connectivity index is 1.92. The van der Waals surface area contributed by atoms with Crippen LogP contribution in [0.25, 0.3) is 0 Å². The Kier molecular flexibility index (Phi) is 4.33. The lowest BCUT2D eigenvalue weighted by Crippen LogP contribution is -2.22. The molecule has 0 heterocycles. The van der Waals surface area contributed by atoms with E-state index < -0.39 is 0 Å². The second kappa shape index (κ2) is 6.00. The topological polar surface area (TPSA) is 29.5 Å². The maximum atomic E-state index is 9.25. The molecular formula is C18H22O2. The Bertz CT molecular complexity index is 533. The Labute approximate surface area is 121 Å². The predicted octanol–water partition coefficient (Wildman–Crippen LogP) is 4.35. The molecule has 0 aliphatic rings. The van der Waals surface area contributed by atoms with Crippen molar-refractivity contribution in [3.8, 4) is 11.5 Å². The van der Waals surface area contributed by atoms with Crippen molar-refractivity contribution in [1.29, 1.82) is 0 Å². The third-order valence-corrected chi connectivity index (χ3v) is 2.99. The summed E-state index contributed by atoms with van der Waals surface area (Å²) in [5.41, 5.74) is 2.37. The predicted molar refractivity (Wildman–Crippen MR) is 82.3 cm³/mol. The zero-order chi connectivity index (χ0) is 14.6. The quantitative estimate of drug-likeness (QED) is 0.894. The Morgan fingerprint density at radius 3 is 1.70 bits per heavy atom. The van der Waals surface area contributed by atoms with Crippen molar-refractivity contribution in [2.45, 2.75) is 39.2 Å². The zero-order valence-corrected chi connectivity index (χ0v) is 12.4. The van der Waals surface area contributed by atoms with Crippen LogP contribution in [0.3, 0.4) is 0 Å². The molecule has 0 radical (unpaired) electrons. The van der Waals surface area contributed by atoms with Gasteiger partial charge in [0.15, 0.2) is 0 Å². The molecule has 0 amide bonds. The molecular weight excluding hydrogens is 248 g/mol. The third-order valence-electron chi connectivity index (χ3n) is 2.99. The summed E-state index contributed by atoms with van der Waals surface area (Å²) < 4.78 is 5.80. The van der Waals surface area contributed by atoms with Crippen molar-refractivity contribution in [3.05, 3.63) is 59.7 Å². The number of phenolic OH excluding ortho intramolecular Hbond substituents is 1. The third kappa shape index (κ3) is 4.61. The number of phenols is 1. The number of rotatable bonds is 4. The lowest BCUT2D eigenvalue weighted by atomic mass is 10.0. The molecule has 106 valence electrons. The fourth-order valence-corrected chi connectivity index (χ4v) is 2.03. The van der Waals surface area contributed by atoms with Gasteiger partial charge < -0.3 is 9.84 Å². The molecule has 1 N–H and O–H groups in total. The van der Waals surface area contributed by atoms with Crippen LogP contribution in [0.4, 0.5) is 0 Å². The molecule has 0 aliphatic heterocycles. The first-order chi connectivity index (χ1) is 9.42. The van der Waals surface area contributed by atoms with Gasteiger partial charge in [-0.2, -0.15) is 0 Å². The molecule has 0 unspecified atom stereocenters. The second-order valence-electron chi connectivity index (χ2n) is 6.02. The van der Waals surface area contributed by atoms with Crippen molar-refractivity contribution >= 4 is 0 Å². The van der Waals surface area contributed by atoms with E-state index in [9.17, 15) is 5.11 Å². The van der Waals surface area contributed by atoms with Gasteiger partial charge in [0.05, 0.1) is 0 Å². The van der Waals surface area contributed by atoms with E-state index in [4.69, 9.17) is 4.74 Å². The van der Waals surface area contributed by atoms with Crippen molar-refractivity contribution in [2.24, 2.45) is 0 Å². The van der Waals surface area contributed by atoms with Gasteiger partial charge in [-0.1, -0.05) is 24.3 Å². The molecule has 0 aliphatic carbocycles. The number of hydrogen-bond donors (Lipinski definition) is 1. The number of hydrogen-bond acceptors (Lipinski definition) is 2. The van der Waals surface area contributed by atoms with Gasteiger partial charge in [0, 0.05) is 0 Å². The lowest BCUT2D eigenvalue weighted by molar-refractivity contribution is 0.131. The fraction of sp³-hybridized carbons (Fsp3) is 0.333. The molecule has 0 aromatic heterocycles. The highest BCUT2D eigenvalue weighted by molar-refractivity contribution is 5.30. The van der Waals surface area contributed by atoms with Gasteiger partial charge in [0.1, 0.15) is 17.1 Å².